The van der Waals surface area contributed by atoms with Crippen LogP contribution in [0.4, 0.5) is 10.1 Å². The summed E-state index contributed by atoms with van der Waals surface area (Å²) < 4.78 is 47.9. The Balaban J connectivity index is 2.04. The lowest BCUT2D eigenvalue weighted by Gasteiger charge is -2.37. The van der Waals surface area contributed by atoms with E-state index in [1.54, 1.807) is 31.2 Å². The molecule has 2 atom stereocenters. The van der Waals surface area contributed by atoms with Gasteiger partial charge in [0.25, 0.3) is 0 Å². The highest BCUT2D eigenvalue weighted by atomic mass is 32.2. The second kappa shape index (κ2) is 8.27. The zero-order valence-corrected chi connectivity index (χ0v) is 17.3. The Bertz CT molecular complexity index is 1110. The van der Waals surface area contributed by atoms with Gasteiger partial charge in [-0.1, -0.05) is 37.3 Å². The van der Waals surface area contributed by atoms with Crippen LogP contribution in [0.25, 0.3) is 0 Å². The van der Waals surface area contributed by atoms with Crippen molar-refractivity contribution in [2.24, 2.45) is 11.1 Å². The lowest BCUT2D eigenvalue weighted by atomic mass is 9.75. The van der Waals surface area contributed by atoms with Gasteiger partial charge in [0.05, 0.1) is 13.3 Å². The molecule has 158 valence electrons. The molecule has 0 saturated carbocycles. The number of allylic oxidation sites excluding steroid dienone is 3. The summed E-state index contributed by atoms with van der Waals surface area (Å²) in [4.78, 5) is 16.0. The first kappa shape index (κ1) is 21.5. The SMILES string of the molecule is COc1ccncc1NS(=O)(=O)C1C(C(N)=O)=CC=CC1(C)Cc1ccc(F)cc1. The zero-order valence-electron chi connectivity index (χ0n) is 16.5. The number of aromatic nitrogens is 1. The molecular weight excluding hydrogens is 409 g/mol. The third-order valence-electron chi connectivity index (χ3n) is 4.98. The summed E-state index contributed by atoms with van der Waals surface area (Å²) in [5.74, 6) is -0.946. The molecule has 1 aromatic carbocycles. The van der Waals surface area contributed by atoms with Crippen molar-refractivity contribution in [1.29, 1.82) is 0 Å². The van der Waals surface area contributed by atoms with Crippen LogP contribution in [0.15, 0.2) is 66.5 Å². The normalized spacial score (nSPS) is 21.0. The summed E-state index contributed by atoms with van der Waals surface area (Å²) in [7, 11) is -2.76. The number of primary amides is 1. The minimum absolute atomic E-state index is 0.0440. The van der Waals surface area contributed by atoms with E-state index in [9.17, 15) is 17.6 Å². The van der Waals surface area contributed by atoms with Crippen molar-refractivity contribution in [1.82, 2.24) is 4.98 Å². The molecule has 3 rings (SSSR count). The Morgan fingerprint density at radius 2 is 2.00 bits per heavy atom. The number of hydrogen-bond donors (Lipinski definition) is 2. The van der Waals surface area contributed by atoms with E-state index in [1.165, 1.54) is 43.8 Å². The van der Waals surface area contributed by atoms with Crippen LogP contribution in [0.1, 0.15) is 12.5 Å². The van der Waals surface area contributed by atoms with Crippen molar-refractivity contribution >= 4 is 21.6 Å². The lowest BCUT2D eigenvalue weighted by molar-refractivity contribution is -0.114. The molecular formula is C21H22FN3O4S. The Labute approximate surface area is 174 Å². The Kier molecular flexibility index (Phi) is 5.93. The molecule has 0 aliphatic heterocycles. The van der Waals surface area contributed by atoms with Crippen LogP contribution >= 0.6 is 0 Å². The highest BCUT2D eigenvalue weighted by Gasteiger charge is 2.47. The summed E-state index contributed by atoms with van der Waals surface area (Å²) in [6, 6.07) is 7.29. The molecule has 1 aliphatic rings. The molecule has 0 saturated heterocycles. The minimum atomic E-state index is -4.16. The third kappa shape index (κ3) is 4.35. The molecule has 0 fully saturated rings. The number of rotatable bonds is 7. The number of ether oxygens (including phenoxy) is 1. The van der Waals surface area contributed by atoms with E-state index in [0.717, 1.165) is 0 Å². The summed E-state index contributed by atoms with van der Waals surface area (Å²) in [6.45, 7) is 1.72. The van der Waals surface area contributed by atoms with E-state index < -0.39 is 32.4 Å². The maximum absolute atomic E-state index is 13.5. The number of nitrogens with one attached hydrogen (secondary N) is 1. The smallest absolute Gasteiger partial charge is 0.246 e. The van der Waals surface area contributed by atoms with Crippen LogP contribution in [0.5, 0.6) is 5.75 Å². The van der Waals surface area contributed by atoms with Gasteiger partial charge >= 0.3 is 0 Å². The van der Waals surface area contributed by atoms with Crippen molar-refractivity contribution in [2.75, 3.05) is 11.8 Å². The number of pyridine rings is 1. The van der Waals surface area contributed by atoms with Gasteiger partial charge in [-0.15, -0.1) is 0 Å². The van der Waals surface area contributed by atoms with Gasteiger partial charge in [-0.3, -0.25) is 14.5 Å². The fourth-order valence-corrected chi connectivity index (χ4v) is 5.65. The van der Waals surface area contributed by atoms with Crippen LogP contribution in [0.3, 0.4) is 0 Å². The highest BCUT2D eigenvalue weighted by molar-refractivity contribution is 7.93. The van der Waals surface area contributed by atoms with Crippen LogP contribution in [-0.2, 0) is 21.2 Å². The maximum atomic E-state index is 13.5. The number of carbonyl (C=O) groups excluding carboxylic acids is 1. The largest absolute Gasteiger partial charge is 0.494 e. The van der Waals surface area contributed by atoms with Crippen LogP contribution in [0, 0.1) is 11.2 Å². The van der Waals surface area contributed by atoms with Crippen molar-refractivity contribution < 1.29 is 22.3 Å². The Hall–Kier alpha value is -3.20. The number of hydrogen-bond acceptors (Lipinski definition) is 5. The van der Waals surface area contributed by atoms with E-state index in [-0.39, 0.29) is 23.4 Å². The number of carbonyl (C=O) groups is 1. The lowest BCUT2D eigenvalue weighted by Crippen LogP contribution is -2.47. The van der Waals surface area contributed by atoms with Crippen molar-refractivity contribution in [3.8, 4) is 5.75 Å². The molecule has 1 amide bonds. The fourth-order valence-electron chi connectivity index (χ4n) is 3.68. The molecule has 1 aliphatic carbocycles. The maximum Gasteiger partial charge on any atom is 0.246 e. The highest BCUT2D eigenvalue weighted by Crippen LogP contribution is 2.40. The molecule has 0 spiro atoms. The van der Waals surface area contributed by atoms with Gasteiger partial charge < -0.3 is 10.5 Å². The molecule has 7 nitrogen and oxygen atoms in total. The summed E-state index contributed by atoms with van der Waals surface area (Å²) in [6.07, 6.45) is 7.75. The second-order valence-corrected chi connectivity index (χ2v) is 9.02. The number of sulfonamides is 1. The monoisotopic (exact) mass is 431 g/mol. The molecule has 9 heteroatoms. The molecule has 0 bridgehead atoms. The van der Waals surface area contributed by atoms with Crippen LogP contribution in [-0.4, -0.2) is 31.7 Å². The quantitative estimate of drug-likeness (QED) is 0.700. The van der Waals surface area contributed by atoms with E-state index in [1.807, 2.05) is 0 Å². The Morgan fingerprint density at radius 3 is 2.63 bits per heavy atom. The molecule has 2 unspecified atom stereocenters. The van der Waals surface area contributed by atoms with Gasteiger partial charge in [-0.2, -0.15) is 0 Å². The molecule has 30 heavy (non-hydrogen) atoms. The first-order chi connectivity index (χ1) is 14.2. The number of anilines is 1. The molecule has 3 N–H and O–H groups in total. The van der Waals surface area contributed by atoms with Crippen LogP contribution in [0.2, 0.25) is 0 Å². The predicted octanol–water partition coefficient (Wildman–Crippen LogP) is 2.57. The molecule has 0 radical (unpaired) electrons. The van der Waals surface area contributed by atoms with Gasteiger partial charge in [0.15, 0.2) is 0 Å². The van der Waals surface area contributed by atoms with Gasteiger partial charge in [-0.25, -0.2) is 12.8 Å². The summed E-state index contributed by atoms with van der Waals surface area (Å²) >= 11 is 0. The van der Waals surface area contributed by atoms with Crippen molar-refractivity contribution in [3.63, 3.8) is 0 Å². The van der Waals surface area contributed by atoms with Crippen LogP contribution < -0.4 is 15.2 Å². The van der Waals surface area contributed by atoms with Gasteiger partial charge in [0.1, 0.15) is 22.5 Å². The van der Waals surface area contributed by atoms with Crippen molar-refractivity contribution in [3.05, 3.63) is 77.9 Å². The third-order valence-corrected chi connectivity index (χ3v) is 6.90. The fraction of sp³-hybridized carbons (Fsp3) is 0.238. The average molecular weight is 431 g/mol. The molecule has 2 aromatic rings. The van der Waals surface area contributed by atoms with Gasteiger partial charge in [-0.05, 0) is 24.1 Å². The number of benzene rings is 1. The zero-order chi connectivity index (χ0) is 21.9. The standard InChI is InChI=1S/C21H22FN3O4S/c1-21(12-14-5-7-15(22)8-6-14)10-3-4-16(20(23)26)19(21)30(27,28)25-17-13-24-11-9-18(17)29-2/h3-11,13,19,25H,12H2,1-2H3,(H2,23,26). The van der Waals surface area contributed by atoms with E-state index in [2.05, 4.69) is 9.71 Å². The second-order valence-electron chi connectivity index (χ2n) is 7.26. The van der Waals surface area contributed by atoms with E-state index in [4.69, 9.17) is 10.5 Å². The summed E-state index contributed by atoms with van der Waals surface area (Å²) in [5.41, 5.74) is 5.30. The topological polar surface area (TPSA) is 111 Å². The first-order valence-corrected chi connectivity index (χ1v) is 10.6. The number of methoxy groups -OCH3 is 1. The van der Waals surface area contributed by atoms with E-state index >= 15 is 0 Å². The minimum Gasteiger partial charge on any atom is -0.494 e. The van der Waals surface area contributed by atoms with Gasteiger partial charge in [0.2, 0.25) is 15.9 Å². The van der Waals surface area contributed by atoms with E-state index in [0.29, 0.717) is 5.56 Å². The van der Waals surface area contributed by atoms with Gasteiger partial charge in [0, 0.05) is 23.3 Å². The number of nitrogens with zero attached hydrogens (tertiary/aromatic N) is 1. The average Bonchev–Trinajstić information content (AvgIpc) is 2.69. The number of amides is 1. The number of nitrogens with two attached hydrogens (primary N) is 1. The number of halogens is 1. The summed E-state index contributed by atoms with van der Waals surface area (Å²) in [5, 5.41) is -1.29. The predicted molar refractivity (Wildman–Crippen MR) is 112 cm³/mol. The first-order valence-electron chi connectivity index (χ1n) is 9.09. The Morgan fingerprint density at radius 1 is 1.30 bits per heavy atom. The van der Waals surface area contributed by atoms with Crippen molar-refractivity contribution in [2.45, 2.75) is 18.6 Å². The molecule has 1 aromatic heterocycles. The molecule has 1 heterocycles.